The zero-order valence-electron chi connectivity index (χ0n) is 10.6. The maximum Gasteiger partial charge on any atom is 0.336 e. The molecule has 1 aromatic carbocycles. The summed E-state index contributed by atoms with van der Waals surface area (Å²) in [5.74, 6) is -0.200. The first-order valence-corrected chi connectivity index (χ1v) is 5.99. The van der Waals surface area contributed by atoms with E-state index in [1.165, 1.54) is 0 Å². The van der Waals surface area contributed by atoms with Crippen molar-refractivity contribution in [1.82, 2.24) is 9.55 Å². The van der Waals surface area contributed by atoms with Gasteiger partial charge < -0.3 is 9.67 Å². The summed E-state index contributed by atoms with van der Waals surface area (Å²) in [6.45, 7) is 4.86. The molecule has 2 rings (SSSR count). The summed E-state index contributed by atoms with van der Waals surface area (Å²) in [6, 6.07) is 5.32. The molecule has 0 saturated carbocycles. The number of hydrogen-bond acceptors (Lipinski definition) is 2. The van der Waals surface area contributed by atoms with Crippen molar-refractivity contribution in [1.29, 1.82) is 0 Å². The van der Waals surface area contributed by atoms with E-state index in [0.29, 0.717) is 11.1 Å². The monoisotopic (exact) mass is 244 g/mol. The molecule has 1 N–H and O–H groups in total. The quantitative estimate of drug-likeness (QED) is 0.899. The van der Waals surface area contributed by atoms with Gasteiger partial charge in [-0.15, -0.1) is 0 Å². The highest BCUT2D eigenvalue weighted by molar-refractivity contribution is 5.95. The SMILES string of the molecule is CCCn1ccnc1-c1cc(C)ccc1C(=O)O. The molecule has 4 heteroatoms. The maximum absolute atomic E-state index is 11.3. The van der Waals surface area contributed by atoms with Crippen molar-refractivity contribution in [2.45, 2.75) is 26.8 Å². The van der Waals surface area contributed by atoms with Crippen LogP contribution in [0.2, 0.25) is 0 Å². The van der Waals surface area contributed by atoms with Crippen molar-refractivity contribution in [3.8, 4) is 11.4 Å². The van der Waals surface area contributed by atoms with Crippen molar-refractivity contribution in [2.75, 3.05) is 0 Å². The molecule has 4 nitrogen and oxygen atoms in total. The van der Waals surface area contributed by atoms with Gasteiger partial charge in [0.15, 0.2) is 0 Å². The van der Waals surface area contributed by atoms with Gasteiger partial charge in [-0.05, 0) is 25.5 Å². The van der Waals surface area contributed by atoms with Crippen LogP contribution in [0.5, 0.6) is 0 Å². The van der Waals surface area contributed by atoms with E-state index in [-0.39, 0.29) is 0 Å². The zero-order valence-corrected chi connectivity index (χ0v) is 10.6. The summed E-state index contributed by atoms with van der Waals surface area (Å²) in [4.78, 5) is 15.5. The molecule has 0 fully saturated rings. The van der Waals surface area contributed by atoms with Gasteiger partial charge in [-0.1, -0.05) is 18.6 Å². The van der Waals surface area contributed by atoms with Gasteiger partial charge in [-0.2, -0.15) is 0 Å². The molecule has 0 aliphatic carbocycles. The van der Waals surface area contributed by atoms with Gasteiger partial charge in [0, 0.05) is 24.5 Å². The molecule has 0 unspecified atom stereocenters. The molecule has 0 spiro atoms. The minimum atomic E-state index is -0.920. The number of imidazole rings is 1. The number of rotatable bonds is 4. The lowest BCUT2D eigenvalue weighted by molar-refractivity contribution is 0.0697. The van der Waals surface area contributed by atoms with Crippen LogP contribution in [0.3, 0.4) is 0 Å². The molecule has 0 amide bonds. The largest absolute Gasteiger partial charge is 0.478 e. The average Bonchev–Trinajstić information content (AvgIpc) is 2.77. The van der Waals surface area contributed by atoms with Crippen LogP contribution in [0.4, 0.5) is 0 Å². The summed E-state index contributed by atoms with van der Waals surface area (Å²) in [6.07, 6.45) is 4.57. The van der Waals surface area contributed by atoms with E-state index >= 15 is 0 Å². The van der Waals surface area contributed by atoms with E-state index in [1.54, 1.807) is 18.3 Å². The first-order chi connectivity index (χ1) is 8.63. The Labute approximate surface area is 106 Å². The molecule has 94 valence electrons. The average molecular weight is 244 g/mol. The van der Waals surface area contributed by atoms with Gasteiger partial charge in [0.1, 0.15) is 5.82 Å². The van der Waals surface area contributed by atoms with Crippen LogP contribution in [-0.2, 0) is 6.54 Å². The highest BCUT2D eigenvalue weighted by atomic mass is 16.4. The Balaban J connectivity index is 2.58. The Morgan fingerprint density at radius 1 is 1.44 bits per heavy atom. The van der Waals surface area contributed by atoms with Gasteiger partial charge in [-0.3, -0.25) is 0 Å². The maximum atomic E-state index is 11.3. The second-order valence-corrected chi connectivity index (χ2v) is 4.30. The standard InChI is InChI=1S/C14H16N2O2/c1-3-7-16-8-6-15-13(16)12-9-10(2)4-5-11(12)14(17)18/h4-6,8-9H,3,7H2,1-2H3,(H,17,18). The number of benzene rings is 1. The minimum Gasteiger partial charge on any atom is -0.478 e. The van der Waals surface area contributed by atoms with Gasteiger partial charge in [0.05, 0.1) is 5.56 Å². The molecule has 2 aromatic rings. The van der Waals surface area contributed by atoms with E-state index < -0.39 is 5.97 Å². The Morgan fingerprint density at radius 3 is 2.89 bits per heavy atom. The second-order valence-electron chi connectivity index (χ2n) is 4.30. The smallest absolute Gasteiger partial charge is 0.336 e. The van der Waals surface area contributed by atoms with Crippen LogP contribution >= 0.6 is 0 Å². The summed E-state index contributed by atoms with van der Waals surface area (Å²) < 4.78 is 1.99. The number of aryl methyl sites for hydroxylation is 2. The number of carboxylic acid groups (broad SMARTS) is 1. The molecule has 0 bridgehead atoms. The zero-order chi connectivity index (χ0) is 13.1. The van der Waals surface area contributed by atoms with Crippen molar-refractivity contribution in [3.63, 3.8) is 0 Å². The summed E-state index contributed by atoms with van der Waals surface area (Å²) in [5.41, 5.74) is 2.01. The molecule has 0 radical (unpaired) electrons. The summed E-state index contributed by atoms with van der Waals surface area (Å²) >= 11 is 0. The number of carbonyl (C=O) groups is 1. The van der Waals surface area contributed by atoms with E-state index in [0.717, 1.165) is 24.4 Å². The summed E-state index contributed by atoms with van der Waals surface area (Å²) in [7, 11) is 0. The van der Waals surface area contributed by atoms with Crippen molar-refractivity contribution in [2.24, 2.45) is 0 Å². The minimum absolute atomic E-state index is 0.296. The third-order valence-electron chi connectivity index (χ3n) is 2.83. The molecule has 0 aliphatic heterocycles. The third-order valence-corrected chi connectivity index (χ3v) is 2.83. The van der Waals surface area contributed by atoms with Crippen LogP contribution in [0.25, 0.3) is 11.4 Å². The predicted octanol–water partition coefficient (Wildman–Crippen LogP) is 2.97. The molecule has 1 aromatic heterocycles. The fourth-order valence-corrected chi connectivity index (χ4v) is 2.00. The first-order valence-electron chi connectivity index (χ1n) is 5.99. The molecule has 0 atom stereocenters. The lowest BCUT2D eigenvalue weighted by Gasteiger charge is -2.09. The van der Waals surface area contributed by atoms with Crippen LogP contribution in [0.1, 0.15) is 29.3 Å². The highest BCUT2D eigenvalue weighted by Crippen LogP contribution is 2.24. The fourth-order valence-electron chi connectivity index (χ4n) is 2.00. The van der Waals surface area contributed by atoms with Gasteiger partial charge in [0.25, 0.3) is 0 Å². The number of nitrogens with zero attached hydrogens (tertiary/aromatic N) is 2. The van der Waals surface area contributed by atoms with Crippen LogP contribution in [0, 0.1) is 6.92 Å². The number of carboxylic acids is 1. The van der Waals surface area contributed by atoms with Gasteiger partial charge in [-0.25, -0.2) is 9.78 Å². The lowest BCUT2D eigenvalue weighted by Crippen LogP contribution is -2.05. The molecule has 0 saturated heterocycles. The normalized spacial score (nSPS) is 10.6. The van der Waals surface area contributed by atoms with E-state index in [2.05, 4.69) is 11.9 Å². The van der Waals surface area contributed by atoms with Gasteiger partial charge >= 0.3 is 5.97 Å². The third kappa shape index (κ3) is 2.27. The van der Waals surface area contributed by atoms with E-state index in [9.17, 15) is 9.90 Å². The molecule has 0 aliphatic rings. The lowest BCUT2D eigenvalue weighted by atomic mass is 10.0. The molecular formula is C14H16N2O2. The number of aromatic carboxylic acids is 1. The van der Waals surface area contributed by atoms with Gasteiger partial charge in [0.2, 0.25) is 0 Å². The van der Waals surface area contributed by atoms with Crippen LogP contribution in [-0.4, -0.2) is 20.6 Å². The van der Waals surface area contributed by atoms with Crippen molar-refractivity contribution >= 4 is 5.97 Å². The topological polar surface area (TPSA) is 55.1 Å². The van der Waals surface area contributed by atoms with Crippen LogP contribution in [0.15, 0.2) is 30.6 Å². The predicted molar refractivity (Wildman–Crippen MR) is 69.7 cm³/mol. The number of hydrogen-bond donors (Lipinski definition) is 1. The highest BCUT2D eigenvalue weighted by Gasteiger charge is 2.15. The first kappa shape index (κ1) is 12.4. The molecule has 18 heavy (non-hydrogen) atoms. The van der Waals surface area contributed by atoms with E-state index in [4.69, 9.17) is 0 Å². The Kier molecular flexibility index (Phi) is 3.46. The van der Waals surface area contributed by atoms with Crippen molar-refractivity contribution < 1.29 is 9.90 Å². The Hall–Kier alpha value is -2.10. The fraction of sp³-hybridized carbons (Fsp3) is 0.286. The van der Waals surface area contributed by atoms with E-state index in [1.807, 2.05) is 23.8 Å². The molecule has 1 heterocycles. The summed E-state index contributed by atoms with van der Waals surface area (Å²) in [5, 5.41) is 9.24. The molecular weight excluding hydrogens is 228 g/mol. The van der Waals surface area contributed by atoms with Crippen LogP contribution < -0.4 is 0 Å². The Bertz CT molecular complexity index is 573. The number of aromatic nitrogens is 2. The van der Waals surface area contributed by atoms with Crippen molar-refractivity contribution in [3.05, 3.63) is 41.7 Å². The second kappa shape index (κ2) is 5.04. The Morgan fingerprint density at radius 2 is 2.22 bits per heavy atom.